The third-order valence-corrected chi connectivity index (χ3v) is 5.16. The van der Waals surface area contributed by atoms with Crippen molar-refractivity contribution in [3.8, 4) is 0 Å². The molecule has 27 heavy (non-hydrogen) atoms. The van der Waals surface area contributed by atoms with Crippen LogP contribution in [0, 0.1) is 0 Å². The van der Waals surface area contributed by atoms with Gasteiger partial charge in [-0.05, 0) is 48.6 Å². The molecule has 5 heteroatoms. The Bertz CT molecular complexity index is 892. The zero-order chi connectivity index (χ0) is 19.1. The molecule has 4 nitrogen and oxygen atoms in total. The maximum atomic E-state index is 12.9. The molecule has 0 saturated carbocycles. The molecular formula is C22H22N2O2S. The minimum absolute atomic E-state index is 0.0272. The van der Waals surface area contributed by atoms with E-state index in [-0.39, 0.29) is 11.8 Å². The van der Waals surface area contributed by atoms with Crippen LogP contribution in [0.3, 0.4) is 0 Å². The molecule has 1 heterocycles. The van der Waals surface area contributed by atoms with E-state index in [4.69, 9.17) is 0 Å². The van der Waals surface area contributed by atoms with Crippen molar-refractivity contribution in [2.45, 2.75) is 13.3 Å². The van der Waals surface area contributed by atoms with Gasteiger partial charge >= 0.3 is 0 Å². The van der Waals surface area contributed by atoms with Gasteiger partial charge in [0.2, 0.25) is 0 Å². The fraction of sp³-hybridized carbons (Fsp3) is 0.182. The predicted octanol–water partition coefficient (Wildman–Crippen LogP) is 4.71. The zero-order valence-electron chi connectivity index (χ0n) is 15.2. The average molecular weight is 378 g/mol. The molecule has 2 amide bonds. The summed E-state index contributed by atoms with van der Waals surface area (Å²) in [6.07, 6.45) is 0.815. The first-order valence-electron chi connectivity index (χ1n) is 8.95. The van der Waals surface area contributed by atoms with Crippen LogP contribution in [0.5, 0.6) is 0 Å². The molecule has 3 rings (SSSR count). The molecule has 0 atom stereocenters. The van der Waals surface area contributed by atoms with Crippen molar-refractivity contribution in [1.29, 1.82) is 0 Å². The molecule has 0 spiro atoms. The zero-order valence-corrected chi connectivity index (χ0v) is 16.0. The van der Waals surface area contributed by atoms with Crippen molar-refractivity contribution in [3.05, 3.63) is 88.1 Å². The lowest BCUT2D eigenvalue weighted by atomic mass is 10.1. The highest BCUT2D eigenvalue weighted by molar-refractivity contribution is 7.12. The summed E-state index contributed by atoms with van der Waals surface area (Å²) in [5, 5.41) is 4.72. The summed E-state index contributed by atoms with van der Waals surface area (Å²) in [5.74, 6) is -0.188. The highest BCUT2D eigenvalue weighted by atomic mass is 32.1. The number of likely N-dealkylation sites (N-methyl/N-ethyl adjacent to an activating group) is 1. The molecule has 2 aromatic carbocycles. The second-order valence-corrected chi connectivity index (χ2v) is 7.08. The van der Waals surface area contributed by atoms with Crippen molar-refractivity contribution in [3.63, 3.8) is 0 Å². The Morgan fingerprint density at radius 3 is 2.52 bits per heavy atom. The van der Waals surface area contributed by atoms with E-state index < -0.39 is 0 Å². The van der Waals surface area contributed by atoms with Gasteiger partial charge in [0.05, 0.1) is 4.88 Å². The van der Waals surface area contributed by atoms with Gasteiger partial charge in [-0.25, -0.2) is 0 Å². The number of hydrogen-bond acceptors (Lipinski definition) is 3. The Balaban J connectivity index is 1.67. The molecule has 0 aliphatic rings. The second kappa shape index (κ2) is 9.14. The predicted molar refractivity (Wildman–Crippen MR) is 110 cm³/mol. The fourth-order valence-electron chi connectivity index (χ4n) is 2.83. The fourth-order valence-corrected chi connectivity index (χ4v) is 3.44. The van der Waals surface area contributed by atoms with E-state index in [1.165, 1.54) is 16.9 Å². The van der Waals surface area contributed by atoms with E-state index in [1.807, 2.05) is 41.5 Å². The van der Waals surface area contributed by atoms with Gasteiger partial charge in [0.25, 0.3) is 11.8 Å². The number of anilines is 1. The number of carbonyl (C=O) groups excluding carboxylic acids is 2. The minimum atomic E-state index is -0.161. The number of benzene rings is 2. The number of carbonyl (C=O) groups is 2. The molecule has 0 radical (unpaired) electrons. The van der Waals surface area contributed by atoms with Gasteiger partial charge in [0, 0.05) is 24.3 Å². The number of rotatable bonds is 7. The number of amides is 2. The van der Waals surface area contributed by atoms with Crippen LogP contribution in [0.1, 0.15) is 32.5 Å². The topological polar surface area (TPSA) is 49.4 Å². The van der Waals surface area contributed by atoms with Crippen LogP contribution in [-0.2, 0) is 6.42 Å². The molecule has 0 fully saturated rings. The lowest BCUT2D eigenvalue weighted by molar-refractivity contribution is 0.0766. The number of hydrogen-bond donors (Lipinski definition) is 1. The van der Waals surface area contributed by atoms with Crippen molar-refractivity contribution >= 4 is 28.8 Å². The van der Waals surface area contributed by atoms with Gasteiger partial charge in [-0.1, -0.05) is 42.5 Å². The molecule has 1 aromatic heterocycles. The van der Waals surface area contributed by atoms with E-state index >= 15 is 0 Å². The Morgan fingerprint density at radius 1 is 1.00 bits per heavy atom. The largest absolute Gasteiger partial charge is 0.339 e. The van der Waals surface area contributed by atoms with Crippen LogP contribution in [0.2, 0.25) is 0 Å². The Morgan fingerprint density at radius 2 is 1.81 bits per heavy atom. The molecule has 0 aliphatic carbocycles. The molecule has 0 aliphatic heterocycles. The highest BCUT2D eigenvalue weighted by Gasteiger charge is 2.15. The number of nitrogens with one attached hydrogen (secondary N) is 1. The summed E-state index contributed by atoms with van der Waals surface area (Å²) in [6, 6.07) is 20.9. The summed E-state index contributed by atoms with van der Waals surface area (Å²) >= 11 is 1.39. The molecule has 0 unspecified atom stereocenters. The van der Waals surface area contributed by atoms with Gasteiger partial charge in [0.15, 0.2) is 0 Å². The van der Waals surface area contributed by atoms with E-state index in [2.05, 4.69) is 17.4 Å². The van der Waals surface area contributed by atoms with E-state index in [1.54, 1.807) is 30.3 Å². The smallest absolute Gasteiger partial charge is 0.265 e. The molecule has 0 bridgehead atoms. The highest BCUT2D eigenvalue weighted by Crippen LogP contribution is 2.16. The summed E-state index contributed by atoms with van der Waals surface area (Å²) in [7, 11) is 0. The quantitative estimate of drug-likeness (QED) is 0.647. The average Bonchev–Trinajstić information content (AvgIpc) is 3.24. The number of nitrogens with zero attached hydrogens (tertiary/aromatic N) is 1. The standard InChI is InChI=1S/C22H22N2O2S/c1-2-24(14-13-17-8-4-3-5-9-17)22(26)18-10-6-11-19(16-18)23-21(25)20-12-7-15-27-20/h3-12,15-16H,2,13-14H2,1H3,(H,23,25). The Hall–Kier alpha value is -2.92. The van der Waals surface area contributed by atoms with E-state index in [0.717, 1.165) is 6.42 Å². The third-order valence-electron chi connectivity index (χ3n) is 4.29. The first-order chi connectivity index (χ1) is 13.2. The van der Waals surface area contributed by atoms with Crippen LogP contribution in [-0.4, -0.2) is 29.8 Å². The minimum Gasteiger partial charge on any atom is -0.339 e. The van der Waals surface area contributed by atoms with Crippen molar-refractivity contribution in [2.75, 3.05) is 18.4 Å². The van der Waals surface area contributed by atoms with Crippen molar-refractivity contribution in [1.82, 2.24) is 4.90 Å². The molecule has 3 aromatic rings. The van der Waals surface area contributed by atoms with Crippen LogP contribution < -0.4 is 5.32 Å². The third kappa shape index (κ3) is 5.05. The van der Waals surface area contributed by atoms with Gasteiger partial charge in [-0.15, -0.1) is 11.3 Å². The lowest BCUT2D eigenvalue weighted by Crippen LogP contribution is -2.32. The van der Waals surface area contributed by atoms with Crippen LogP contribution >= 0.6 is 11.3 Å². The molecule has 0 saturated heterocycles. The summed E-state index contributed by atoms with van der Waals surface area (Å²) in [6.45, 7) is 3.27. The van der Waals surface area contributed by atoms with Gasteiger partial charge in [-0.2, -0.15) is 0 Å². The normalized spacial score (nSPS) is 10.4. The second-order valence-electron chi connectivity index (χ2n) is 6.13. The van der Waals surface area contributed by atoms with Crippen LogP contribution in [0.25, 0.3) is 0 Å². The monoisotopic (exact) mass is 378 g/mol. The van der Waals surface area contributed by atoms with Crippen molar-refractivity contribution < 1.29 is 9.59 Å². The molecular weight excluding hydrogens is 356 g/mol. The van der Waals surface area contributed by atoms with Gasteiger partial charge in [-0.3, -0.25) is 9.59 Å². The van der Waals surface area contributed by atoms with Crippen molar-refractivity contribution in [2.24, 2.45) is 0 Å². The SMILES string of the molecule is CCN(CCc1ccccc1)C(=O)c1cccc(NC(=O)c2cccs2)c1. The summed E-state index contributed by atoms with van der Waals surface area (Å²) in [5.41, 5.74) is 2.41. The van der Waals surface area contributed by atoms with E-state index in [0.29, 0.717) is 29.2 Å². The maximum absolute atomic E-state index is 12.9. The molecule has 138 valence electrons. The van der Waals surface area contributed by atoms with Gasteiger partial charge < -0.3 is 10.2 Å². The summed E-state index contributed by atoms with van der Waals surface area (Å²) < 4.78 is 0. The lowest BCUT2D eigenvalue weighted by Gasteiger charge is -2.21. The Labute approximate surface area is 163 Å². The van der Waals surface area contributed by atoms with Crippen LogP contribution in [0.4, 0.5) is 5.69 Å². The number of thiophene rings is 1. The summed E-state index contributed by atoms with van der Waals surface area (Å²) in [4.78, 5) is 27.6. The first-order valence-corrected chi connectivity index (χ1v) is 9.83. The Kier molecular flexibility index (Phi) is 6.39. The first kappa shape index (κ1) is 18.9. The van der Waals surface area contributed by atoms with Crippen LogP contribution in [0.15, 0.2) is 72.1 Å². The molecule has 1 N–H and O–H groups in total. The van der Waals surface area contributed by atoms with Gasteiger partial charge in [0.1, 0.15) is 0 Å². The maximum Gasteiger partial charge on any atom is 0.265 e. The van der Waals surface area contributed by atoms with E-state index in [9.17, 15) is 9.59 Å².